The summed E-state index contributed by atoms with van der Waals surface area (Å²) in [5, 5.41) is 7.97. The zero-order valence-corrected chi connectivity index (χ0v) is 24.0. The molecule has 5 aromatic rings. The van der Waals surface area contributed by atoms with Crippen LogP contribution in [0.4, 0.5) is 15.9 Å². The maximum absolute atomic E-state index is 14.7. The highest BCUT2D eigenvalue weighted by molar-refractivity contribution is 5.94. The van der Waals surface area contributed by atoms with Crippen molar-refractivity contribution in [2.75, 3.05) is 31.6 Å². The Kier molecular flexibility index (Phi) is 7.01. The largest absolute Gasteiger partial charge is 0.378 e. The number of aromatic nitrogens is 4. The second kappa shape index (κ2) is 11.2. The molecule has 7 rings (SSSR count). The molecular weight excluding hydrogens is 563 g/mol. The Labute approximate surface area is 251 Å². The van der Waals surface area contributed by atoms with Crippen molar-refractivity contribution in [2.24, 2.45) is 7.05 Å². The van der Waals surface area contributed by atoms with Gasteiger partial charge >= 0.3 is 0 Å². The smallest absolute Gasteiger partial charge is 0.282 e. The molecule has 1 saturated heterocycles. The van der Waals surface area contributed by atoms with Crippen molar-refractivity contribution in [3.8, 4) is 16.8 Å². The fourth-order valence-corrected chi connectivity index (χ4v) is 6.12. The van der Waals surface area contributed by atoms with Crippen LogP contribution in [0.15, 0.2) is 76.6 Å². The van der Waals surface area contributed by atoms with Gasteiger partial charge in [-0.25, -0.2) is 9.37 Å². The summed E-state index contributed by atoms with van der Waals surface area (Å²) in [6.07, 6.45) is 5.05. The van der Waals surface area contributed by atoms with E-state index < -0.39 is 11.4 Å². The molecule has 1 amide bonds. The molecule has 2 aliphatic rings. The van der Waals surface area contributed by atoms with E-state index in [4.69, 9.17) is 4.74 Å². The molecule has 0 saturated carbocycles. The van der Waals surface area contributed by atoms with Crippen LogP contribution < -0.4 is 16.4 Å². The van der Waals surface area contributed by atoms with Crippen molar-refractivity contribution in [3.63, 3.8) is 0 Å². The lowest BCUT2D eigenvalue weighted by molar-refractivity contribution is 0.0302. The summed E-state index contributed by atoms with van der Waals surface area (Å²) in [7, 11) is 1.75. The topological polar surface area (TPSA) is 111 Å². The van der Waals surface area contributed by atoms with E-state index in [9.17, 15) is 18.8 Å². The molecule has 44 heavy (non-hydrogen) atoms. The lowest BCUT2D eigenvalue weighted by Gasteiger charge is -2.26. The first-order valence-electron chi connectivity index (χ1n) is 14.5. The minimum absolute atomic E-state index is 0.00632. The van der Waals surface area contributed by atoms with Crippen LogP contribution in [0.3, 0.4) is 0 Å². The van der Waals surface area contributed by atoms with Crippen molar-refractivity contribution in [2.45, 2.75) is 19.3 Å². The van der Waals surface area contributed by atoms with Crippen molar-refractivity contribution in [1.82, 2.24) is 24.2 Å². The number of benzene rings is 2. The van der Waals surface area contributed by atoms with E-state index in [-0.39, 0.29) is 16.9 Å². The normalized spacial score (nSPS) is 14.5. The van der Waals surface area contributed by atoms with Gasteiger partial charge in [-0.1, -0.05) is 24.3 Å². The molecule has 11 heteroatoms. The summed E-state index contributed by atoms with van der Waals surface area (Å²) >= 11 is 0. The average molecular weight is 593 g/mol. The van der Waals surface area contributed by atoms with Crippen LogP contribution in [0, 0.1) is 5.82 Å². The number of nitrogens with one attached hydrogen (secondary N) is 1. The van der Waals surface area contributed by atoms with Crippen molar-refractivity contribution in [1.29, 1.82) is 0 Å². The molecule has 2 aromatic carbocycles. The highest BCUT2D eigenvalue weighted by Crippen LogP contribution is 2.36. The predicted octanol–water partition coefficient (Wildman–Crippen LogP) is 3.99. The van der Waals surface area contributed by atoms with Gasteiger partial charge < -0.3 is 19.5 Å². The van der Waals surface area contributed by atoms with Gasteiger partial charge in [0.2, 0.25) is 0 Å². The standard InChI is InChI=1S/C33H29FN6O4/c1-38-27-9-4-7-23-22(6-3-10-28(23)40-33(43)30-20(19-36-40)5-2-8-25(30)34)24(27)17-26(32(38)42)37-29-12-11-21(18-35-29)31(41)39-13-15-44-16-14-39/h2-3,5-6,8,10-12,17-19H,4,7,9,13-16H2,1H3,(H,35,37). The SMILES string of the molecule is Cn1c2c(cc(Nc3ccc(C(=O)N4CCOCC4)cn3)c1=O)-c1cccc(-n3ncc4cccc(F)c4c3=O)c1CCC2. The lowest BCUT2D eigenvalue weighted by Crippen LogP contribution is -2.40. The van der Waals surface area contributed by atoms with Gasteiger partial charge in [-0.3, -0.25) is 14.4 Å². The number of anilines is 2. The second-order valence-corrected chi connectivity index (χ2v) is 11.0. The highest BCUT2D eigenvalue weighted by Gasteiger charge is 2.24. The number of hydrogen-bond donors (Lipinski definition) is 1. The minimum atomic E-state index is -0.589. The van der Waals surface area contributed by atoms with Gasteiger partial charge in [-0.05, 0) is 60.7 Å². The third-order valence-corrected chi connectivity index (χ3v) is 8.39. The molecule has 0 radical (unpaired) electrons. The Balaban J connectivity index is 1.27. The molecule has 0 atom stereocenters. The number of rotatable bonds is 4. The number of ether oxygens (including phenoxy) is 1. The Bertz CT molecular complexity index is 2050. The number of halogens is 1. The maximum atomic E-state index is 14.7. The van der Waals surface area contributed by atoms with Crippen LogP contribution in [-0.2, 0) is 24.6 Å². The third kappa shape index (κ3) is 4.75. The monoisotopic (exact) mass is 592 g/mol. The summed E-state index contributed by atoms with van der Waals surface area (Å²) in [6, 6.07) is 15.3. The molecule has 1 aliphatic carbocycles. The van der Waals surface area contributed by atoms with E-state index in [2.05, 4.69) is 15.4 Å². The Morgan fingerprint density at radius 1 is 0.955 bits per heavy atom. The predicted molar refractivity (Wildman–Crippen MR) is 164 cm³/mol. The third-order valence-electron chi connectivity index (χ3n) is 8.39. The van der Waals surface area contributed by atoms with E-state index in [0.29, 0.717) is 67.3 Å². The lowest BCUT2D eigenvalue weighted by atomic mass is 9.97. The molecule has 1 N–H and O–H groups in total. The molecule has 1 fully saturated rings. The summed E-state index contributed by atoms with van der Waals surface area (Å²) < 4.78 is 22.9. The van der Waals surface area contributed by atoms with Crippen molar-refractivity contribution in [3.05, 3.63) is 110 Å². The number of fused-ring (bicyclic) bond motifs is 4. The van der Waals surface area contributed by atoms with Gasteiger partial charge in [0.15, 0.2) is 0 Å². The Hall–Kier alpha value is -5.16. The first kappa shape index (κ1) is 27.7. The van der Waals surface area contributed by atoms with Crippen LogP contribution in [0.5, 0.6) is 0 Å². The first-order chi connectivity index (χ1) is 21.4. The van der Waals surface area contributed by atoms with E-state index in [1.54, 1.807) is 40.8 Å². The molecule has 222 valence electrons. The van der Waals surface area contributed by atoms with Crippen molar-refractivity contribution >= 4 is 28.2 Å². The number of carbonyl (C=O) groups is 1. The first-order valence-corrected chi connectivity index (χ1v) is 14.5. The van der Waals surface area contributed by atoms with Crippen LogP contribution >= 0.6 is 0 Å². The van der Waals surface area contributed by atoms with E-state index in [1.807, 2.05) is 24.3 Å². The zero-order valence-electron chi connectivity index (χ0n) is 24.0. The van der Waals surface area contributed by atoms with E-state index in [1.165, 1.54) is 23.1 Å². The summed E-state index contributed by atoms with van der Waals surface area (Å²) in [6.45, 7) is 2.10. The quantitative estimate of drug-likeness (QED) is 0.336. The molecule has 0 spiro atoms. The number of hydrogen-bond acceptors (Lipinski definition) is 7. The fraction of sp³-hybridized carbons (Fsp3) is 0.242. The molecule has 1 aliphatic heterocycles. The molecular formula is C33H29FN6O4. The maximum Gasteiger partial charge on any atom is 0.282 e. The van der Waals surface area contributed by atoms with Gasteiger partial charge in [-0.15, -0.1) is 0 Å². The molecule has 10 nitrogen and oxygen atoms in total. The number of pyridine rings is 2. The van der Waals surface area contributed by atoms with Gasteiger partial charge in [-0.2, -0.15) is 9.78 Å². The highest BCUT2D eigenvalue weighted by atomic mass is 19.1. The molecule has 0 bridgehead atoms. The van der Waals surface area contributed by atoms with Gasteiger partial charge in [0.05, 0.1) is 36.0 Å². The van der Waals surface area contributed by atoms with Crippen LogP contribution in [0.2, 0.25) is 0 Å². The molecule has 4 heterocycles. The number of carbonyl (C=O) groups excluding carboxylic acids is 1. The van der Waals surface area contributed by atoms with E-state index >= 15 is 0 Å². The average Bonchev–Trinajstić information content (AvgIpc) is 3.24. The van der Waals surface area contributed by atoms with Crippen LogP contribution in [0.25, 0.3) is 27.6 Å². The molecule has 3 aromatic heterocycles. The van der Waals surface area contributed by atoms with Gasteiger partial charge in [0.25, 0.3) is 17.0 Å². The Morgan fingerprint density at radius 3 is 2.57 bits per heavy atom. The van der Waals surface area contributed by atoms with Crippen LogP contribution in [-0.4, -0.2) is 56.4 Å². The van der Waals surface area contributed by atoms with Crippen molar-refractivity contribution < 1.29 is 13.9 Å². The van der Waals surface area contributed by atoms with Crippen LogP contribution in [0.1, 0.15) is 28.0 Å². The summed E-state index contributed by atoms with van der Waals surface area (Å²) in [5.74, 6) is -0.269. The molecule has 0 unspecified atom stereocenters. The second-order valence-electron chi connectivity index (χ2n) is 11.0. The Morgan fingerprint density at radius 2 is 1.77 bits per heavy atom. The number of amides is 1. The fourth-order valence-electron chi connectivity index (χ4n) is 6.12. The van der Waals surface area contributed by atoms with Gasteiger partial charge in [0, 0.05) is 43.0 Å². The van der Waals surface area contributed by atoms with E-state index in [0.717, 1.165) is 28.8 Å². The minimum Gasteiger partial charge on any atom is -0.378 e. The number of nitrogens with zero attached hydrogens (tertiary/aromatic N) is 5. The summed E-state index contributed by atoms with van der Waals surface area (Å²) in [4.78, 5) is 45.9. The summed E-state index contributed by atoms with van der Waals surface area (Å²) in [5.41, 5.74) is 4.13. The van der Waals surface area contributed by atoms with Gasteiger partial charge in [0.1, 0.15) is 17.3 Å². The number of morpholine rings is 1. The zero-order chi connectivity index (χ0) is 30.4.